The Bertz CT molecular complexity index is 215. The molecule has 0 aliphatic carbocycles. The minimum Gasteiger partial charge on any atom is -0.381 e. The third-order valence-electron chi connectivity index (χ3n) is 1.33. The summed E-state index contributed by atoms with van der Waals surface area (Å²) in [5.74, 6) is 0.845. The highest BCUT2D eigenvalue weighted by molar-refractivity contribution is 5.66. The van der Waals surface area contributed by atoms with Crippen LogP contribution in [-0.2, 0) is 4.84 Å². The molecule has 0 radical (unpaired) electrons. The van der Waals surface area contributed by atoms with Crippen molar-refractivity contribution in [1.29, 1.82) is 0 Å². The van der Waals surface area contributed by atoms with E-state index in [0.717, 1.165) is 12.2 Å². The van der Waals surface area contributed by atoms with Gasteiger partial charge in [0.15, 0.2) is 5.76 Å². The topological polar surface area (TPSA) is 33.6 Å². The molecule has 0 unspecified atom stereocenters. The zero-order chi connectivity index (χ0) is 6.10. The van der Waals surface area contributed by atoms with Gasteiger partial charge in [-0.2, -0.15) is 0 Å². The van der Waals surface area contributed by atoms with Crippen molar-refractivity contribution >= 4 is 6.21 Å². The SMILES string of the molecule is C1=NC=C2ONC=C2C1. The molecule has 0 aromatic carbocycles. The Balaban J connectivity index is 2.37. The Kier molecular flexibility index (Phi) is 0.828. The summed E-state index contributed by atoms with van der Waals surface area (Å²) in [6.45, 7) is 0. The standard InChI is InChI=1S/C6H6N2O/c1-2-7-4-6-5(1)3-8-9-6/h2-4,8H,1H2. The number of fused-ring (bicyclic) bond motifs is 1. The van der Waals surface area contributed by atoms with Gasteiger partial charge in [-0.3, -0.25) is 4.99 Å². The summed E-state index contributed by atoms with van der Waals surface area (Å²) in [6.07, 6.45) is 6.27. The van der Waals surface area contributed by atoms with Crippen molar-refractivity contribution in [2.45, 2.75) is 6.42 Å². The molecule has 0 fully saturated rings. The summed E-state index contributed by atoms with van der Waals surface area (Å²) >= 11 is 0. The van der Waals surface area contributed by atoms with Crippen LogP contribution in [0.15, 0.2) is 28.7 Å². The highest BCUT2D eigenvalue weighted by Crippen LogP contribution is 2.20. The van der Waals surface area contributed by atoms with Gasteiger partial charge in [0.1, 0.15) is 0 Å². The fraction of sp³-hybridized carbons (Fsp3) is 0.167. The second kappa shape index (κ2) is 1.62. The highest BCUT2D eigenvalue weighted by Gasteiger charge is 2.13. The van der Waals surface area contributed by atoms with Crippen LogP contribution in [0.2, 0.25) is 0 Å². The molecule has 46 valence electrons. The molecule has 1 N–H and O–H groups in total. The minimum atomic E-state index is 0.845. The van der Waals surface area contributed by atoms with Crippen molar-refractivity contribution in [1.82, 2.24) is 5.48 Å². The van der Waals surface area contributed by atoms with E-state index in [-0.39, 0.29) is 0 Å². The zero-order valence-electron chi connectivity index (χ0n) is 4.79. The summed E-state index contributed by atoms with van der Waals surface area (Å²) in [5.41, 5.74) is 3.83. The number of aliphatic imine (C=N–C) groups is 1. The number of allylic oxidation sites excluding steroid dienone is 1. The molecule has 3 heteroatoms. The summed E-state index contributed by atoms with van der Waals surface area (Å²) in [4.78, 5) is 8.89. The lowest BCUT2D eigenvalue weighted by Gasteiger charge is -2.01. The van der Waals surface area contributed by atoms with Crippen LogP contribution in [-0.4, -0.2) is 6.21 Å². The minimum absolute atomic E-state index is 0.845. The average Bonchev–Trinajstić information content (AvgIpc) is 2.33. The van der Waals surface area contributed by atoms with Crippen LogP contribution in [0, 0.1) is 0 Å². The van der Waals surface area contributed by atoms with Crippen LogP contribution in [0.4, 0.5) is 0 Å². The quantitative estimate of drug-likeness (QED) is 0.513. The first-order valence-corrected chi connectivity index (χ1v) is 2.80. The number of hydroxylamine groups is 1. The maximum atomic E-state index is 4.96. The Morgan fingerprint density at radius 1 is 1.67 bits per heavy atom. The Hall–Kier alpha value is -1.25. The maximum Gasteiger partial charge on any atom is 0.178 e. The molecule has 0 aromatic rings. The second-order valence-electron chi connectivity index (χ2n) is 1.92. The number of nitrogens with zero attached hydrogens (tertiary/aromatic N) is 1. The van der Waals surface area contributed by atoms with Crippen molar-refractivity contribution in [2.24, 2.45) is 4.99 Å². The van der Waals surface area contributed by atoms with Crippen LogP contribution in [0.25, 0.3) is 0 Å². The molecule has 0 bridgehead atoms. The van der Waals surface area contributed by atoms with Crippen molar-refractivity contribution < 1.29 is 4.84 Å². The van der Waals surface area contributed by atoms with Gasteiger partial charge in [-0.15, -0.1) is 0 Å². The van der Waals surface area contributed by atoms with E-state index >= 15 is 0 Å². The van der Waals surface area contributed by atoms with Gasteiger partial charge < -0.3 is 4.84 Å². The molecule has 9 heavy (non-hydrogen) atoms. The first-order chi connectivity index (χ1) is 4.47. The van der Waals surface area contributed by atoms with E-state index in [1.165, 1.54) is 5.57 Å². The van der Waals surface area contributed by atoms with Crippen molar-refractivity contribution in [3.05, 3.63) is 23.7 Å². The summed E-state index contributed by atoms with van der Waals surface area (Å²) < 4.78 is 0. The van der Waals surface area contributed by atoms with Crippen LogP contribution in [0.5, 0.6) is 0 Å². The molecule has 2 rings (SSSR count). The van der Waals surface area contributed by atoms with Gasteiger partial charge in [-0.05, 0) is 0 Å². The van der Waals surface area contributed by atoms with Gasteiger partial charge in [0.2, 0.25) is 0 Å². The van der Waals surface area contributed by atoms with E-state index in [2.05, 4.69) is 10.5 Å². The normalized spacial score (nSPS) is 21.3. The van der Waals surface area contributed by atoms with Crippen molar-refractivity contribution in [2.75, 3.05) is 0 Å². The Morgan fingerprint density at radius 2 is 2.67 bits per heavy atom. The largest absolute Gasteiger partial charge is 0.381 e. The highest BCUT2D eigenvalue weighted by atomic mass is 16.7. The van der Waals surface area contributed by atoms with Crippen LogP contribution in [0.1, 0.15) is 6.42 Å². The number of hydrogen-bond acceptors (Lipinski definition) is 3. The third-order valence-corrected chi connectivity index (χ3v) is 1.33. The van der Waals surface area contributed by atoms with E-state index in [9.17, 15) is 0 Å². The molecule has 0 atom stereocenters. The van der Waals surface area contributed by atoms with Crippen LogP contribution in [0.3, 0.4) is 0 Å². The molecule has 2 aliphatic heterocycles. The molecule has 0 saturated heterocycles. The Labute approximate surface area is 52.7 Å². The van der Waals surface area contributed by atoms with Gasteiger partial charge in [0, 0.05) is 24.4 Å². The lowest BCUT2D eigenvalue weighted by Crippen LogP contribution is -1.97. The van der Waals surface area contributed by atoms with Crippen molar-refractivity contribution in [3.8, 4) is 0 Å². The van der Waals surface area contributed by atoms with E-state index in [1.807, 2.05) is 12.4 Å². The van der Waals surface area contributed by atoms with E-state index < -0.39 is 0 Å². The fourth-order valence-electron chi connectivity index (χ4n) is 0.841. The number of hydrogen-bond donors (Lipinski definition) is 1. The molecule has 0 amide bonds. The molecule has 2 aliphatic rings. The van der Waals surface area contributed by atoms with Gasteiger partial charge in [-0.1, -0.05) is 0 Å². The monoisotopic (exact) mass is 122 g/mol. The molecule has 0 saturated carbocycles. The van der Waals surface area contributed by atoms with Crippen LogP contribution < -0.4 is 5.48 Å². The Morgan fingerprint density at radius 3 is 3.56 bits per heavy atom. The van der Waals surface area contributed by atoms with Gasteiger partial charge >= 0.3 is 0 Å². The molecule has 2 heterocycles. The molecule has 0 aromatic heterocycles. The van der Waals surface area contributed by atoms with E-state index in [4.69, 9.17) is 4.84 Å². The molecular weight excluding hydrogens is 116 g/mol. The predicted molar refractivity (Wildman–Crippen MR) is 33.5 cm³/mol. The zero-order valence-corrected chi connectivity index (χ0v) is 4.79. The number of rotatable bonds is 0. The maximum absolute atomic E-state index is 4.96. The predicted octanol–water partition coefficient (Wildman–Crippen LogP) is 0.721. The number of nitrogens with one attached hydrogen (secondary N) is 1. The lowest BCUT2D eigenvalue weighted by molar-refractivity contribution is 0.168. The fourth-order valence-corrected chi connectivity index (χ4v) is 0.841. The average molecular weight is 122 g/mol. The van der Waals surface area contributed by atoms with Crippen molar-refractivity contribution in [3.63, 3.8) is 0 Å². The van der Waals surface area contributed by atoms with E-state index in [1.54, 1.807) is 6.20 Å². The van der Waals surface area contributed by atoms with Gasteiger partial charge in [0.05, 0.1) is 6.20 Å². The summed E-state index contributed by atoms with van der Waals surface area (Å²) in [5, 5.41) is 0. The van der Waals surface area contributed by atoms with Gasteiger partial charge in [0.25, 0.3) is 0 Å². The summed E-state index contributed by atoms with van der Waals surface area (Å²) in [6, 6.07) is 0. The third kappa shape index (κ3) is 0.614. The molecule has 3 nitrogen and oxygen atoms in total. The first-order valence-electron chi connectivity index (χ1n) is 2.80. The second-order valence-corrected chi connectivity index (χ2v) is 1.92. The van der Waals surface area contributed by atoms with E-state index in [0.29, 0.717) is 0 Å². The molecule has 0 spiro atoms. The van der Waals surface area contributed by atoms with Gasteiger partial charge in [-0.25, -0.2) is 5.48 Å². The lowest BCUT2D eigenvalue weighted by atomic mass is 10.2. The van der Waals surface area contributed by atoms with Crippen LogP contribution >= 0.6 is 0 Å². The smallest absolute Gasteiger partial charge is 0.178 e. The molecular formula is C6H6N2O. The summed E-state index contributed by atoms with van der Waals surface area (Å²) in [7, 11) is 0. The first kappa shape index (κ1) is 4.61.